The first-order chi connectivity index (χ1) is 12.0. The number of Topliss-reactive ketones (excluding diaryl/α,β-unsaturated/α-hetero) is 1. The van der Waals surface area contributed by atoms with Crippen LogP contribution in [0.2, 0.25) is 0 Å². The van der Waals surface area contributed by atoms with E-state index in [9.17, 15) is 9.18 Å². The van der Waals surface area contributed by atoms with Gasteiger partial charge < -0.3 is 4.90 Å². The molecule has 0 aromatic heterocycles. The molecule has 0 bridgehead atoms. The molecule has 0 amide bonds. The molecule has 128 valence electrons. The highest BCUT2D eigenvalue weighted by molar-refractivity contribution is 6.13. The molecule has 2 nitrogen and oxygen atoms in total. The Labute approximate surface area is 148 Å². The Bertz CT molecular complexity index is 814. The van der Waals surface area contributed by atoms with E-state index < -0.39 is 0 Å². The molecule has 0 atom stereocenters. The fourth-order valence-corrected chi connectivity index (χ4v) is 3.01. The number of halogens is 1. The second-order valence-electron chi connectivity index (χ2n) is 6.56. The molecule has 25 heavy (non-hydrogen) atoms. The van der Waals surface area contributed by atoms with Gasteiger partial charge >= 0.3 is 0 Å². The molecule has 0 saturated heterocycles. The van der Waals surface area contributed by atoms with Gasteiger partial charge in [0, 0.05) is 30.9 Å². The van der Waals surface area contributed by atoms with Gasteiger partial charge in [-0.1, -0.05) is 24.3 Å². The second-order valence-corrected chi connectivity index (χ2v) is 6.56. The van der Waals surface area contributed by atoms with Crippen LogP contribution in [0.3, 0.4) is 0 Å². The molecule has 2 aromatic rings. The van der Waals surface area contributed by atoms with Gasteiger partial charge in [0.1, 0.15) is 5.82 Å². The number of carbonyl (C=O) groups is 1. The lowest BCUT2D eigenvalue weighted by atomic mass is 9.87. The number of ketones is 1. The first kappa shape index (κ1) is 17.2. The Hall–Kier alpha value is -2.68. The molecule has 0 N–H and O–H groups in total. The molecule has 3 heteroatoms. The normalized spacial score (nSPS) is 18.0. The fraction of sp³-hybridized carbons (Fsp3) is 0.227. The van der Waals surface area contributed by atoms with Crippen LogP contribution >= 0.6 is 0 Å². The van der Waals surface area contributed by atoms with Gasteiger partial charge in [0.15, 0.2) is 5.78 Å². The predicted octanol–water partition coefficient (Wildman–Crippen LogP) is 5.11. The third kappa shape index (κ3) is 4.24. The third-order valence-electron chi connectivity index (χ3n) is 4.44. The van der Waals surface area contributed by atoms with Crippen LogP contribution in [0.4, 0.5) is 10.1 Å². The molecule has 1 aliphatic carbocycles. The number of carbonyl (C=O) groups excluding carboxylic acids is 1. The summed E-state index contributed by atoms with van der Waals surface area (Å²) in [6, 6.07) is 14.4. The number of hydrogen-bond acceptors (Lipinski definition) is 2. The van der Waals surface area contributed by atoms with E-state index in [2.05, 4.69) is 12.1 Å². The van der Waals surface area contributed by atoms with Crippen LogP contribution in [-0.2, 0) is 4.79 Å². The number of benzene rings is 2. The molecular formula is C22H22FNO. The Morgan fingerprint density at radius 3 is 1.80 bits per heavy atom. The Balaban J connectivity index is 1.82. The highest BCUT2D eigenvalue weighted by Gasteiger charge is 2.20. The van der Waals surface area contributed by atoms with Crippen LogP contribution in [-0.4, -0.2) is 19.9 Å². The maximum absolute atomic E-state index is 13.0. The van der Waals surface area contributed by atoms with E-state index in [1.165, 1.54) is 12.1 Å². The molecule has 0 radical (unpaired) electrons. The number of anilines is 1. The zero-order valence-corrected chi connectivity index (χ0v) is 14.6. The molecule has 0 spiro atoms. The summed E-state index contributed by atoms with van der Waals surface area (Å²) >= 11 is 0. The van der Waals surface area contributed by atoms with Crippen LogP contribution < -0.4 is 4.90 Å². The highest BCUT2D eigenvalue weighted by Crippen LogP contribution is 2.28. The van der Waals surface area contributed by atoms with Crippen molar-refractivity contribution >= 4 is 23.6 Å². The SMILES string of the molecule is CN(C)c1ccc(/C=C2\CCC/C(=C\c3ccc(F)cc3)C2=O)cc1. The average molecular weight is 335 g/mol. The molecular weight excluding hydrogens is 313 g/mol. The van der Waals surface area contributed by atoms with E-state index in [1.807, 2.05) is 43.3 Å². The zero-order valence-electron chi connectivity index (χ0n) is 14.6. The molecule has 0 heterocycles. The lowest BCUT2D eigenvalue weighted by Crippen LogP contribution is -2.12. The zero-order chi connectivity index (χ0) is 17.8. The minimum absolute atomic E-state index is 0.104. The average Bonchev–Trinajstić information content (AvgIpc) is 2.61. The van der Waals surface area contributed by atoms with Crippen LogP contribution in [0, 0.1) is 5.82 Å². The minimum atomic E-state index is -0.265. The molecule has 0 unspecified atom stereocenters. The number of allylic oxidation sites excluding steroid dienone is 2. The molecule has 0 aliphatic heterocycles. The highest BCUT2D eigenvalue weighted by atomic mass is 19.1. The maximum atomic E-state index is 13.0. The topological polar surface area (TPSA) is 20.3 Å². The van der Waals surface area contributed by atoms with E-state index in [1.54, 1.807) is 12.1 Å². The van der Waals surface area contributed by atoms with Gasteiger partial charge in [-0.2, -0.15) is 0 Å². The third-order valence-corrected chi connectivity index (χ3v) is 4.44. The van der Waals surface area contributed by atoms with Crippen molar-refractivity contribution in [3.05, 3.63) is 76.6 Å². The van der Waals surface area contributed by atoms with Crippen LogP contribution in [0.15, 0.2) is 59.7 Å². The quantitative estimate of drug-likeness (QED) is 0.726. The number of nitrogens with zero attached hydrogens (tertiary/aromatic N) is 1. The van der Waals surface area contributed by atoms with E-state index >= 15 is 0 Å². The summed E-state index contributed by atoms with van der Waals surface area (Å²) in [5.74, 6) is -0.161. The molecule has 1 saturated carbocycles. The van der Waals surface area contributed by atoms with Crippen LogP contribution in [0.5, 0.6) is 0 Å². The van der Waals surface area contributed by atoms with Gasteiger partial charge in [-0.05, 0) is 66.8 Å². The standard InChI is InChI=1S/C22H22FNO/c1-24(2)21-12-8-17(9-13-21)15-19-5-3-4-18(22(19)25)14-16-6-10-20(23)11-7-16/h6-15H,3-5H2,1-2H3/b18-14+,19-15+. The Morgan fingerprint density at radius 1 is 0.840 bits per heavy atom. The fourth-order valence-electron chi connectivity index (χ4n) is 3.01. The van der Waals surface area contributed by atoms with Crippen molar-refractivity contribution in [2.24, 2.45) is 0 Å². The molecule has 2 aromatic carbocycles. The summed E-state index contributed by atoms with van der Waals surface area (Å²) < 4.78 is 13.0. The van der Waals surface area contributed by atoms with Gasteiger partial charge in [-0.25, -0.2) is 4.39 Å². The first-order valence-electron chi connectivity index (χ1n) is 8.52. The van der Waals surface area contributed by atoms with Crippen molar-refractivity contribution in [1.82, 2.24) is 0 Å². The van der Waals surface area contributed by atoms with E-state index in [4.69, 9.17) is 0 Å². The summed E-state index contributed by atoms with van der Waals surface area (Å²) in [7, 11) is 4.01. The van der Waals surface area contributed by atoms with Crippen LogP contribution in [0.1, 0.15) is 30.4 Å². The van der Waals surface area contributed by atoms with Crippen molar-refractivity contribution in [1.29, 1.82) is 0 Å². The van der Waals surface area contributed by atoms with Crippen molar-refractivity contribution in [3.63, 3.8) is 0 Å². The van der Waals surface area contributed by atoms with Crippen molar-refractivity contribution in [2.75, 3.05) is 19.0 Å². The summed E-state index contributed by atoms with van der Waals surface area (Å²) in [5, 5.41) is 0. The lowest BCUT2D eigenvalue weighted by molar-refractivity contribution is -0.112. The van der Waals surface area contributed by atoms with Gasteiger partial charge in [0.2, 0.25) is 0 Å². The number of rotatable bonds is 3. The monoisotopic (exact) mass is 335 g/mol. The largest absolute Gasteiger partial charge is 0.378 e. The van der Waals surface area contributed by atoms with Crippen LogP contribution in [0.25, 0.3) is 12.2 Å². The smallest absolute Gasteiger partial charge is 0.185 e. The summed E-state index contributed by atoms with van der Waals surface area (Å²) in [5.41, 5.74) is 4.68. The summed E-state index contributed by atoms with van der Waals surface area (Å²) in [6.07, 6.45) is 6.39. The Kier molecular flexibility index (Phi) is 5.13. The van der Waals surface area contributed by atoms with Gasteiger partial charge in [-0.15, -0.1) is 0 Å². The van der Waals surface area contributed by atoms with Gasteiger partial charge in [-0.3, -0.25) is 4.79 Å². The maximum Gasteiger partial charge on any atom is 0.185 e. The van der Waals surface area contributed by atoms with Crippen molar-refractivity contribution in [3.8, 4) is 0 Å². The van der Waals surface area contributed by atoms with E-state index in [0.717, 1.165) is 47.2 Å². The van der Waals surface area contributed by atoms with Gasteiger partial charge in [0.05, 0.1) is 0 Å². The molecule has 1 fully saturated rings. The number of hydrogen-bond donors (Lipinski definition) is 0. The van der Waals surface area contributed by atoms with Gasteiger partial charge in [0.25, 0.3) is 0 Å². The summed E-state index contributed by atoms with van der Waals surface area (Å²) in [6.45, 7) is 0. The minimum Gasteiger partial charge on any atom is -0.378 e. The summed E-state index contributed by atoms with van der Waals surface area (Å²) in [4.78, 5) is 14.8. The predicted molar refractivity (Wildman–Crippen MR) is 102 cm³/mol. The molecule has 3 rings (SSSR count). The second kappa shape index (κ2) is 7.47. The Morgan fingerprint density at radius 2 is 1.32 bits per heavy atom. The van der Waals surface area contributed by atoms with Crippen molar-refractivity contribution < 1.29 is 9.18 Å². The lowest BCUT2D eigenvalue weighted by Gasteiger charge is -2.17. The van der Waals surface area contributed by atoms with E-state index in [0.29, 0.717) is 0 Å². The molecule has 1 aliphatic rings. The van der Waals surface area contributed by atoms with E-state index in [-0.39, 0.29) is 11.6 Å². The van der Waals surface area contributed by atoms with Crippen molar-refractivity contribution in [2.45, 2.75) is 19.3 Å². The first-order valence-corrected chi connectivity index (χ1v) is 8.52.